The van der Waals surface area contributed by atoms with E-state index in [0.29, 0.717) is 11.1 Å². The summed E-state index contributed by atoms with van der Waals surface area (Å²) in [6, 6.07) is 10.0. The summed E-state index contributed by atoms with van der Waals surface area (Å²) in [6.07, 6.45) is 7.06. The minimum atomic E-state index is -0.167. The molecule has 0 aliphatic carbocycles. The van der Waals surface area contributed by atoms with Crippen LogP contribution in [-0.4, -0.2) is 28.0 Å². The smallest absolute Gasteiger partial charge is 0.276 e. The van der Waals surface area contributed by atoms with Crippen molar-refractivity contribution in [2.45, 2.75) is 17.7 Å². The maximum Gasteiger partial charge on any atom is 0.276 e. The molecule has 0 radical (unpaired) electrons. The maximum absolute atomic E-state index is 5.99. The second-order valence-corrected chi connectivity index (χ2v) is 6.38. The monoisotopic (exact) mass is 321 g/mol. The van der Waals surface area contributed by atoms with Gasteiger partial charge < -0.3 is 10.2 Å². The van der Waals surface area contributed by atoms with Gasteiger partial charge in [-0.15, -0.1) is 10.2 Å². The second-order valence-electron chi connectivity index (χ2n) is 4.42. The molecule has 2 aromatic rings. The van der Waals surface area contributed by atoms with E-state index in [-0.39, 0.29) is 6.04 Å². The van der Waals surface area contributed by atoms with E-state index in [1.54, 1.807) is 11.8 Å². The molecule has 112 valence electrons. The molecule has 6 heteroatoms. The zero-order chi connectivity index (χ0) is 14.9. The molecule has 0 unspecified atom stereocenters. The van der Waals surface area contributed by atoms with E-state index in [1.807, 2.05) is 18.2 Å². The zero-order valence-corrected chi connectivity index (χ0v) is 13.6. The first-order chi connectivity index (χ1) is 10.3. The van der Waals surface area contributed by atoms with Crippen molar-refractivity contribution in [3.05, 3.63) is 47.9 Å². The van der Waals surface area contributed by atoms with Gasteiger partial charge >= 0.3 is 0 Å². The Kier molecular flexibility index (Phi) is 6.85. The molecule has 0 aliphatic heterocycles. The highest BCUT2D eigenvalue weighted by Crippen LogP contribution is 2.21. The topological polar surface area (TPSA) is 64.9 Å². The molecule has 1 aromatic carbocycles. The van der Waals surface area contributed by atoms with Crippen LogP contribution in [0.25, 0.3) is 6.08 Å². The van der Waals surface area contributed by atoms with Crippen molar-refractivity contribution >= 4 is 29.6 Å². The third-order valence-corrected chi connectivity index (χ3v) is 4.20. The van der Waals surface area contributed by atoms with Crippen LogP contribution in [0.3, 0.4) is 0 Å². The van der Waals surface area contributed by atoms with Gasteiger partial charge in [0.15, 0.2) is 0 Å². The molecule has 0 saturated carbocycles. The highest BCUT2D eigenvalue weighted by Gasteiger charge is 2.13. The second kappa shape index (κ2) is 8.92. The summed E-state index contributed by atoms with van der Waals surface area (Å²) in [5.74, 6) is 2.31. The first-order valence-electron chi connectivity index (χ1n) is 6.72. The molecule has 2 rings (SSSR count). The molecule has 21 heavy (non-hydrogen) atoms. The van der Waals surface area contributed by atoms with Gasteiger partial charge in [0.25, 0.3) is 5.22 Å². The summed E-state index contributed by atoms with van der Waals surface area (Å²) < 4.78 is 5.57. The Balaban J connectivity index is 1.79. The Morgan fingerprint density at radius 3 is 2.86 bits per heavy atom. The summed E-state index contributed by atoms with van der Waals surface area (Å²) in [4.78, 5) is 0. The molecule has 1 heterocycles. The SMILES string of the molecule is CSCC[C@H](N)c1nnc(SCC=Cc2ccccc2)o1. The lowest BCUT2D eigenvalue weighted by Gasteiger charge is -2.03. The number of hydrogen-bond donors (Lipinski definition) is 1. The zero-order valence-electron chi connectivity index (χ0n) is 11.9. The van der Waals surface area contributed by atoms with Crippen LogP contribution in [0, 0.1) is 0 Å². The molecule has 1 atom stereocenters. The predicted octanol–water partition coefficient (Wildman–Crippen LogP) is 3.63. The Bertz CT molecular complexity index is 557. The summed E-state index contributed by atoms with van der Waals surface area (Å²) in [5.41, 5.74) is 7.18. The van der Waals surface area contributed by atoms with Gasteiger partial charge in [-0.05, 0) is 24.0 Å². The number of rotatable bonds is 8. The number of nitrogens with zero attached hydrogens (tertiary/aromatic N) is 2. The molecule has 2 N–H and O–H groups in total. The first kappa shape index (κ1) is 16.1. The van der Waals surface area contributed by atoms with Crippen LogP contribution >= 0.6 is 23.5 Å². The highest BCUT2D eigenvalue weighted by molar-refractivity contribution is 7.99. The van der Waals surface area contributed by atoms with Crippen molar-refractivity contribution in [3.8, 4) is 0 Å². The van der Waals surface area contributed by atoms with Gasteiger partial charge in [0.1, 0.15) is 0 Å². The minimum Gasteiger partial charge on any atom is -0.414 e. The van der Waals surface area contributed by atoms with Gasteiger partial charge in [-0.2, -0.15) is 11.8 Å². The van der Waals surface area contributed by atoms with E-state index in [2.05, 4.69) is 40.7 Å². The van der Waals surface area contributed by atoms with E-state index >= 15 is 0 Å². The maximum atomic E-state index is 5.99. The Labute approximate surface area is 133 Å². The fourth-order valence-corrected chi connectivity index (χ4v) is 2.73. The van der Waals surface area contributed by atoms with Crippen molar-refractivity contribution in [3.63, 3.8) is 0 Å². The van der Waals surface area contributed by atoms with Gasteiger partial charge in [-0.25, -0.2) is 0 Å². The Morgan fingerprint density at radius 1 is 1.29 bits per heavy atom. The number of benzene rings is 1. The van der Waals surface area contributed by atoms with Crippen molar-refractivity contribution in [2.24, 2.45) is 5.73 Å². The molecule has 1 aromatic heterocycles. The van der Waals surface area contributed by atoms with Gasteiger partial charge in [-0.3, -0.25) is 0 Å². The molecule has 4 nitrogen and oxygen atoms in total. The van der Waals surface area contributed by atoms with Gasteiger partial charge in [0, 0.05) is 5.75 Å². The summed E-state index contributed by atoms with van der Waals surface area (Å²) in [6.45, 7) is 0. The van der Waals surface area contributed by atoms with Crippen LogP contribution in [0.4, 0.5) is 0 Å². The van der Waals surface area contributed by atoms with Gasteiger partial charge in [0.2, 0.25) is 5.89 Å². The van der Waals surface area contributed by atoms with E-state index in [9.17, 15) is 0 Å². The number of aromatic nitrogens is 2. The van der Waals surface area contributed by atoms with Crippen molar-refractivity contribution in [1.29, 1.82) is 0 Å². The molecule has 0 amide bonds. The summed E-state index contributed by atoms with van der Waals surface area (Å²) in [7, 11) is 0. The summed E-state index contributed by atoms with van der Waals surface area (Å²) in [5, 5.41) is 8.60. The molecule has 0 aliphatic rings. The Morgan fingerprint density at radius 2 is 2.10 bits per heavy atom. The first-order valence-corrected chi connectivity index (χ1v) is 9.10. The molecule has 0 saturated heterocycles. The molecule has 0 spiro atoms. The lowest BCUT2D eigenvalue weighted by atomic mass is 10.2. The minimum absolute atomic E-state index is 0.167. The van der Waals surface area contributed by atoms with Gasteiger partial charge in [0.05, 0.1) is 6.04 Å². The average molecular weight is 321 g/mol. The lowest BCUT2D eigenvalue weighted by Crippen LogP contribution is -2.11. The van der Waals surface area contributed by atoms with E-state index in [1.165, 1.54) is 17.3 Å². The summed E-state index contributed by atoms with van der Waals surface area (Å²) >= 11 is 3.28. The molecule has 0 bridgehead atoms. The third kappa shape index (κ3) is 5.57. The normalized spacial score (nSPS) is 12.9. The van der Waals surface area contributed by atoms with E-state index in [4.69, 9.17) is 10.2 Å². The number of hydrogen-bond acceptors (Lipinski definition) is 6. The van der Waals surface area contributed by atoms with E-state index in [0.717, 1.165) is 17.9 Å². The molecular formula is C15H19N3OS2. The van der Waals surface area contributed by atoms with Crippen molar-refractivity contribution < 1.29 is 4.42 Å². The van der Waals surface area contributed by atoms with Crippen LogP contribution in [-0.2, 0) is 0 Å². The number of nitrogens with two attached hydrogens (primary N) is 1. The van der Waals surface area contributed by atoms with Crippen molar-refractivity contribution in [1.82, 2.24) is 10.2 Å². The van der Waals surface area contributed by atoms with Crippen LogP contribution < -0.4 is 5.73 Å². The van der Waals surface area contributed by atoms with Crippen molar-refractivity contribution in [2.75, 3.05) is 17.8 Å². The molecular weight excluding hydrogens is 302 g/mol. The van der Waals surface area contributed by atoms with Gasteiger partial charge in [-0.1, -0.05) is 54.2 Å². The predicted molar refractivity (Wildman–Crippen MR) is 90.4 cm³/mol. The van der Waals surface area contributed by atoms with Crippen LogP contribution in [0.15, 0.2) is 46.0 Å². The molecule has 0 fully saturated rings. The average Bonchev–Trinajstić information content (AvgIpc) is 2.99. The highest BCUT2D eigenvalue weighted by atomic mass is 32.2. The standard InChI is InChI=1S/C15H19N3OS2/c1-20-11-9-13(16)14-17-18-15(19-14)21-10-5-8-12-6-3-2-4-7-12/h2-8,13H,9-11,16H2,1H3/t13-/m0/s1. The van der Waals surface area contributed by atoms with Crippen LogP contribution in [0.5, 0.6) is 0 Å². The fraction of sp³-hybridized carbons (Fsp3) is 0.333. The third-order valence-electron chi connectivity index (χ3n) is 2.79. The Hall–Kier alpha value is -1.24. The van der Waals surface area contributed by atoms with Crippen LogP contribution in [0.2, 0.25) is 0 Å². The quantitative estimate of drug-likeness (QED) is 0.749. The number of thioether (sulfide) groups is 2. The lowest BCUT2D eigenvalue weighted by molar-refractivity contribution is 0.384. The van der Waals surface area contributed by atoms with Crippen LogP contribution in [0.1, 0.15) is 23.9 Å². The largest absolute Gasteiger partial charge is 0.414 e. The fourth-order valence-electron chi connectivity index (χ4n) is 1.66. The van der Waals surface area contributed by atoms with E-state index < -0.39 is 0 Å².